The molecule has 7 heteroatoms. The van der Waals surface area contributed by atoms with E-state index >= 15 is 0 Å². The van der Waals surface area contributed by atoms with E-state index in [0.717, 1.165) is 12.1 Å². The van der Waals surface area contributed by atoms with Crippen LogP contribution in [0.25, 0.3) is 0 Å². The van der Waals surface area contributed by atoms with E-state index in [1.165, 1.54) is 36.4 Å². The molecule has 1 saturated heterocycles. The molecule has 0 bridgehead atoms. The molecule has 5 nitrogen and oxygen atoms in total. The van der Waals surface area contributed by atoms with E-state index in [1.807, 2.05) is 0 Å². The number of benzene rings is 2. The minimum atomic E-state index is -0.718. The predicted octanol–water partition coefficient (Wildman–Crippen LogP) is 2.67. The summed E-state index contributed by atoms with van der Waals surface area (Å²) in [6.45, 7) is 1.02. The Hall–Kier alpha value is -2.80. The lowest BCUT2D eigenvalue weighted by Crippen LogP contribution is -2.58. The molecule has 0 saturated carbocycles. The number of ether oxygens (including phenoxy) is 1. The highest BCUT2D eigenvalue weighted by atomic mass is 19.1. The number of hydrogen-bond donors (Lipinski definition) is 2. The average molecular weight is 374 g/mol. The van der Waals surface area contributed by atoms with Gasteiger partial charge in [-0.25, -0.2) is 8.78 Å². The Morgan fingerprint density at radius 3 is 2.04 bits per heavy atom. The van der Waals surface area contributed by atoms with Crippen LogP contribution in [0.3, 0.4) is 0 Å². The number of rotatable bonds is 5. The third-order valence-electron chi connectivity index (χ3n) is 4.59. The van der Waals surface area contributed by atoms with E-state index in [1.54, 1.807) is 0 Å². The number of halogens is 2. The Balaban J connectivity index is 1.71. The molecule has 2 amide bonds. The van der Waals surface area contributed by atoms with Crippen molar-refractivity contribution in [2.24, 2.45) is 0 Å². The van der Waals surface area contributed by atoms with Gasteiger partial charge in [-0.2, -0.15) is 0 Å². The summed E-state index contributed by atoms with van der Waals surface area (Å²) in [4.78, 5) is 24.9. The first-order valence-electron chi connectivity index (χ1n) is 8.67. The van der Waals surface area contributed by atoms with Gasteiger partial charge in [-0.3, -0.25) is 9.59 Å². The van der Waals surface area contributed by atoms with Gasteiger partial charge in [0.1, 0.15) is 11.6 Å². The minimum absolute atomic E-state index is 0.159. The molecule has 1 fully saturated rings. The molecule has 1 aliphatic rings. The summed E-state index contributed by atoms with van der Waals surface area (Å²) in [5.74, 6) is -1.84. The van der Waals surface area contributed by atoms with Crippen molar-refractivity contribution in [3.05, 3.63) is 71.3 Å². The zero-order valence-electron chi connectivity index (χ0n) is 14.6. The first-order valence-corrected chi connectivity index (χ1v) is 8.67. The smallest absolute Gasteiger partial charge is 0.251 e. The van der Waals surface area contributed by atoms with Crippen molar-refractivity contribution < 1.29 is 23.1 Å². The van der Waals surface area contributed by atoms with Gasteiger partial charge in [0, 0.05) is 30.9 Å². The maximum Gasteiger partial charge on any atom is 0.251 e. The molecule has 142 valence electrons. The first kappa shape index (κ1) is 19.0. The highest BCUT2D eigenvalue weighted by Gasteiger charge is 2.35. The number of hydrogen-bond acceptors (Lipinski definition) is 3. The summed E-state index contributed by atoms with van der Waals surface area (Å²) in [6.07, 6.45) is 0.995. The van der Waals surface area contributed by atoms with Crippen molar-refractivity contribution >= 4 is 11.8 Å². The Labute approximate surface area is 155 Å². The third kappa shape index (κ3) is 4.89. The van der Waals surface area contributed by atoms with Gasteiger partial charge in [0.25, 0.3) is 11.8 Å². The van der Waals surface area contributed by atoms with Crippen LogP contribution in [-0.4, -0.2) is 37.1 Å². The van der Waals surface area contributed by atoms with Gasteiger partial charge in [0.15, 0.2) is 0 Å². The first-order chi connectivity index (χ1) is 13.0. The fourth-order valence-electron chi connectivity index (χ4n) is 3.03. The number of amides is 2. The van der Waals surface area contributed by atoms with Gasteiger partial charge < -0.3 is 15.4 Å². The maximum absolute atomic E-state index is 13.4. The Kier molecular flexibility index (Phi) is 5.81. The van der Waals surface area contributed by atoms with E-state index < -0.39 is 29.0 Å². The molecular weight excluding hydrogens is 354 g/mol. The summed E-state index contributed by atoms with van der Waals surface area (Å²) in [7, 11) is 0. The van der Waals surface area contributed by atoms with E-state index in [4.69, 9.17) is 4.74 Å². The number of carbonyl (C=O) groups excluding carboxylic acids is 2. The fraction of sp³-hybridized carbons (Fsp3) is 0.300. The molecule has 0 atom stereocenters. The summed E-state index contributed by atoms with van der Waals surface area (Å²) in [5.41, 5.74) is -0.309. The molecule has 0 unspecified atom stereocenters. The van der Waals surface area contributed by atoms with E-state index in [2.05, 4.69) is 10.6 Å². The quantitative estimate of drug-likeness (QED) is 0.846. The number of nitrogens with one attached hydrogen (secondary N) is 2. The molecule has 1 aliphatic heterocycles. The highest BCUT2D eigenvalue weighted by molar-refractivity contribution is 5.95. The second kappa shape index (κ2) is 8.26. The minimum Gasteiger partial charge on any atom is -0.381 e. The van der Waals surface area contributed by atoms with Crippen LogP contribution in [0.1, 0.15) is 33.6 Å². The molecule has 0 aromatic heterocycles. The van der Waals surface area contributed by atoms with Gasteiger partial charge >= 0.3 is 0 Å². The van der Waals surface area contributed by atoms with Crippen molar-refractivity contribution in [2.45, 2.75) is 18.4 Å². The average Bonchev–Trinajstić information content (AvgIpc) is 2.67. The van der Waals surface area contributed by atoms with Gasteiger partial charge in [0.05, 0.1) is 5.54 Å². The molecular formula is C20H20F2N2O3. The van der Waals surface area contributed by atoms with E-state index in [0.29, 0.717) is 26.1 Å². The normalized spacial score (nSPS) is 15.8. The van der Waals surface area contributed by atoms with E-state index in [-0.39, 0.29) is 17.7 Å². The lowest BCUT2D eigenvalue weighted by molar-refractivity contribution is 0.0352. The van der Waals surface area contributed by atoms with Crippen molar-refractivity contribution in [1.29, 1.82) is 0 Å². The van der Waals surface area contributed by atoms with Crippen LogP contribution in [0.5, 0.6) is 0 Å². The van der Waals surface area contributed by atoms with Crippen LogP contribution in [0, 0.1) is 11.6 Å². The van der Waals surface area contributed by atoms with Crippen LogP contribution in [0.15, 0.2) is 48.5 Å². The highest BCUT2D eigenvalue weighted by Crippen LogP contribution is 2.21. The molecule has 2 N–H and O–H groups in total. The molecule has 3 rings (SSSR count). The van der Waals surface area contributed by atoms with Gasteiger partial charge in [-0.15, -0.1) is 0 Å². The third-order valence-corrected chi connectivity index (χ3v) is 4.59. The molecule has 27 heavy (non-hydrogen) atoms. The molecule has 2 aromatic rings. The van der Waals surface area contributed by atoms with Crippen molar-refractivity contribution in [1.82, 2.24) is 10.6 Å². The lowest BCUT2D eigenvalue weighted by Gasteiger charge is -2.38. The SMILES string of the molecule is O=C(NCC1(NC(=O)c2cccc(F)c2)CCOCC1)c1cccc(F)c1. The summed E-state index contributed by atoms with van der Waals surface area (Å²) in [5, 5.41) is 5.67. The van der Waals surface area contributed by atoms with Crippen LogP contribution in [0.4, 0.5) is 8.78 Å². The second-order valence-electron chi connectivity index (χ2n) is 6.55. The van der Waals surface area contributed by atoms with Gasteiger partial charge in [0.2, 0.25) is 0 Å². The molecule has 0 spiro atoms. The van der Waals surface area contributed by atoms with Crippen molar-refractivity contribution in [3.63, 3.8) is 0 Å². The van der Waals surface area contributed by atoms with Crippen LogP contribution in [-0.2, 0) is 4.74 Å². The van der Waals surface area contributed by atoms with Crippen LogP contribution in [0.2, 0.25) is 0 Å². The van der Waals surface area contributed by atoms with Gasteiger partial charge in [-0.1, -0.05) is 12.1 Å². The second-order valence-corrected chi connectivity index (χ2v) is 6.55. The largest absolute Gasteiger partial charge is 0.381 e. The van der Waals surface area contributed by atoms with Gasteiger partial charge in [-0.05, 0) is 49.2 Å². The number of carbonyl (C=O) groups is 2. The zero-order chi connectivity index (χ0) is 19.3. The van der Waals surface area contributed by atoms with Crippen LogP contribution >= 0.6 is 0 Å². The zero-order valence-corrected chi connectivity index (χ0v) is 14.6. The van der Waals surface area contributed by atoms with Crippen molar-refractivity contribution in [3.8, 4) is 0 Å². The Morgan fingerprint density at radius 2 is 1.48 bits per heavy atom. The molecule has 0 aliphatic carbocycles. The maximum atomic E-state index is 13.4. The standard InChI is InChI=1S/C20H20F2N2O3/c21-16-5-1-3-14(11-16)18(25)23-13-20(7-9-27-10-8-20)24-19(26)15-4-2-6-17(22)12-15/h1-6,11-12H,7-10,13H2,(H,23,25)(H,24,26). The predicted molar refractivity (Wildman–Crippen MR) is 95.4 cm³/mol. The monoisotopic (exact) mass is 374 g/mol. The summed E-state index contributed by atoms with van der Waals surface area (Å²) < 4.78 is 32.1. The topological polar surface area (TPSA) is 67.4 Å². The summed E-state index contributed by atoms with van der Waals surface area (Å²) in [6, 6.07) is 10.8. The lowest BCUT2D eigenvalue weighted by atomic mass is 9.89. The fourth-order valence-corrected chi connectivity index (χ4v) is 3.03. The molecule has 1 heterocycles. The molecule has 0 radical (unpaired) electrons. The van der Waals surface area contributed by atoms with Crippen LogP contribution < -0.4 is 10.6 Å². The Morgan fingerprint density at radius 1 is 0.926 bits per heavy atom. The summed E-state index contributed by atoms with van der Waals surface area (Å²) >= 11 is 0. The van der Waals surface area contributed by atoms with E-state index in [9.17, 15) is 18.4 Å². The molecule has 2 aromatic carbocycles. The van der Waals surface area contributed by atoms with Crippen molar-refractivity contribution in [2.75, 3.05) is 19.8 Å². The Bertz CT molecular complexity index is 835.